The van der Waals surface area contributed by atoms with Crippen molar-refractivity contribution < 1.29 is 4.79 Å². The number of nitrogens with one attached hydrogen (secondary N) is 1. The van der Waals surface area contributed by atoms with Gasteiger partial charge in [-0.05, 0) is 43.9 Å². The van der Waals surface area contributed by atoms with Crippen LogP contribution in [0.2, 0.25) is 0 Å². The zero-order valence-electron chi connectivity index (χ0n) is 13.5. The summed E-state index contributed by atoms with van der Waals surface area (Å²) in [6.45, 7) is 6.92. The maximum Gasteiger partial charge on any atom is 0.255 e. The molecule has 1 aromatic carbocycles. The zero-order valence-corrected chi connectivity index (χ0v) is 13.5. The number of nitrogens with zero attached hydrogens (tertiary/aromatic N) is 1. The molecule has 116 valence electrons. The number of rotatable bonds is 4. The standard InChI is InChI=1S/C18H28N2O/c1-3-11-19-17-14-15(2)9-10-16(17)18(21)20-12-7-5-4-6-8-13-20/h9-10,14,19H,3-8,11-13H2,1-2H3. The molecule has 1 aromatic rings. The smallest absolute Gasteiger partial charge is 0.255 e. The van der Waals surface area contributed by atoms with Crippen molar-refractivity contribution in [1.82, 2.24) is 4.90 Å². The summed E-state index contributed by atoms with van der Waals surface area (Å²) in [7, 11) is 0. The van der Waals surface area contributed by atoms with Crippen LogP contribution in [0.1, 0.15) is 61.4 Å². The third kappa shape index (κ3) is 4.48. The van der Waals surface area contributed by atoms with Crippen molar-refractivity contribution in [2.75, 3.05) is 25.0 Å². The fourth-order valence-electron chi connectivity index (χ4n) is 2.87. The van der Waals surface area contributed by atoms with Crippen LogP contribution < -0.4 is 5.32 Å². The van der Waals surface area contributed by atoms with Crippen molar-refractivity contribution in [3.05, 3.63) is 29.3 Å². The van der Waals surface area contributed by atoms with Crippen LogP contribution in [0.15, 0.2) is 18.2 Å². The molecule has 0 radical (unpaired) electrons. The van der Waals surface area contributed by atoms with Crippen molar-refractivity contribution in [3.8, 4) is 0 Å². The zero-order chi connectivity index (χ0) is 15.1. The van der Waals surface area contributed by atoms with Gasteiger partial charge in [0.15, 0.2) is 0 Å². The fourth-order valence-corrected chi connectivity index (χ4v) is 2.87. The van der Waals surface area contributed by atoms with Gasteiger partial charge in [-0.15, -0.1) is 0 Å². The van der Waals surface area contributed by atoms with Crippen LogP contribution >= 0.6 is 0 Å². The predicted octanol–water partition coefficient (Wildman–Crippen LogP) is 4.22. The lowest BCUT2D eigenvalue weighted by Gasteiger charge is -2.26. The topological polar surface area (TPSA) is 32.3 Å². The molecule has 1 aliphatic rings. The van der Waals surface area contributed by atoms with E-state index in [0.717, 1.165) is 50.1 Å². The highest BCUT2D eigenvalue weighted by molar-refractivity contribution is 5.99. The minimum atomic E-state index is 0.190. The lowest BCUT2D eigenvalue weighted by Crippen LogP contribution is -2.34. The Kier molecular flexibility index (Phi) is 6.09. The number of anilines is 1. The molecule has 1 heterocycles. The summed E-state index contributed by atoms with van der Waals surface area (Å²) in [4.78, 5) is 14.9. The van der Waals surface area contributed by atoms with Crippen LogP contribution in [-0.2, 0) is 0 Å². The molecule has 0 bridgehead atoms. The molecule has 1 aliphatic heterocycles. The molecule has 1 fully saturated rings. The van der Waals surface area contributed by atoms with Crippen LogP contribution in [-0.4, -0.2) is 30.4 Å². The number of likely N-dealkylation sites (tertiary alicyclic amines) is 1. The van der Waals surface area contributed by atoms with Gasteiger partial charge in [-0.1, -0.05) is 32.3 Å². The van der Waals surface area contributed by atoms with E-state index in [2.05, 4.69) is 25.2 Å². The first-order valence-electron chi connectivity index (χ1n) is 8.36. The van der Waals surface area contributed by atoms with E-state index in [1.165, 1.54) is 24.8 Å². The van der Waals surface area contributed by atoms with Crippen molar-refractivity contribution in [2.45, 2.75) is 52.4 Å². The number of benzene rings is 1. The highest BCUT2D eigenvalue weighted by Crippen LogP contribution is 2.21. The van der Waals surface area contributed by atoms with Gasteiger partial charge in [0, 0.05) is 25.3 Å². The molecular formula is C18H28N2O. The van der Waals surface area contributed by atoms with E-state index in [-0.39, 0.29) is 5.91 Å². The molecule has 3 heteroatoms. The van der Waals surface area contributed by atoms with Crippen LogP contribution in [0.3, 0.4) is 0 Å². The first-order chi connectivity index (χ1) is 10.2. The van der Waals surface area contributed by atoms with Gasteiger partial charge < -0.3 is 10.2 Å². The normalized spacial score (nSPS) is 16.2. The van der Waals surface area contributed by atoms with Gasteiger partial charge in [0.25, 0.3) is 5.91 Å². The summed E-state index contributed by atoms with van der Waals surface area (Å²) in [5.41, 5.74) is 3.01. The number of hydrogen-bond donors (Lipinski definition) is 1. The Morgan fingerprint density at radius 3 is 2.48 bits per heavy atom. The third-order valence-corrected chi connectivity index (χ3v) is 4.11. The summed E-state index contributed by atoms with van der Waals surface area (Å²) in [6.07, 6.45) is 7.14. The monoisotopic (exact) mass is 288 g/mol. The molecule has 0 aromatic heterocycles. The first kappa shape index (κ1) is 15.9. The molecule has 1 N–H and O–H groups in total. The van der Waals surface area contributed by atoms with E-state index < -0.39 is 0 Å². The highest BCUT2D eigenvalue weighted by Gasteiger charge is 2.19. The molecule has 2 rings (SSSR count). The van der Waals surface area contributed by atoms with Gasteiger partial charge in [-0.2, -0.15) is 0 Å². The van der Waals surface area contributed by atoms with Crippen LogP contribution in [0.25, 0.3) is 0 Å². The molecular weight excluding hydrogens is 260 g/mol. The molecule has 0 atom stereocenters. The molecule has 1 saturated heterocycles. The van der Waals surface area contributed by atoms with Crippen molar-refractivity contribution in [1.29, 1.82) is 0 Å². The van der Waals surface area contributed by atoms with E-state index in [0.29, 0.717) is 0 Å². The van der Waals surface area contributed by atoms with Gasteiger partial charge in [0.1, 0.15) is 0 Å². The Morgan fingerprint density at radius 1 is 1.14 bits per heavy atom. The molecule has 0 unspecified atom stereocenters. The second-order valence-corrected chi connectivity index (χ2v) is 6.04. The fraction of sp³-hybridized carbons (Fsp3) is 0.611. The number of hydrogen-bond acceptors (Lipinski definition) is 2. The van der Waals surface area contributed by atoms with Crippen molar-refractivity contribution >= 4 is 11.6 Å². The van der Waals surface area contributed by atoms with E-state index in [1.54, 1.807) is 0 Å². The van der Waals surface area contributed by atoms with Crippen molar-refractivity contribution in [3.63, 3.8) is 0 Å². The second kappa shape index (κ2) is 8.06. The highest BCUT2D eigenvalue weighted by atomic mass is 16.2. The minimum Gasteiger partial charge on any atom is -0.384 e. The summed E-state index contributed by atoms with van der Waals surface area (Å²) >= 11 is 0. The van der Waals surface area contributed by atoms with E-state index in [9.17, 15) is 4.79 Å². The van der Waals surface area contributed by atoms with Crippen LogP contribution in [0.5, 0.6) is 0 Å². The minimum absolute atomic E-state index is 0.190. The third-order valence-electron chi connectivity index (χ3n) is 4.11. The quantitative estimate of drug-likeness (QED) is 0.899. The Balaban J connectivity index is 2.16. The Morgan fingerprint density at radius 2 is 1.81 bits per heavy atom. The van der Waals surface area contributed by atoms with Crippen LogP contribution in [0.4, 0.5) is 5.69 Å². The molecule has 3 nitrogen and oxygen atoms in total. The molecule has 1 amide bonds. The van der Waals surface area contributed by atoms with E-state index in [1.807, 2.05) is 17.0 Å². The van der Waals surface area contributed by atoms with Gasteiger partial charge in [-0.25, -0.2) is 0 Å². The molecule has 21 heavy (non-hydrogen) atoms. The largest absolute Gasteiger partial charge is 0.384 e. The van der Waals surface area contributed by atoms with Gasteiger partial charge >= 0.3 is 0 Å². The number of carbonyl (C=O) groups is 1. The van der Waals surface area contributed by atoms with Gasteiger partial charge in [0.05, 0.1) is 5.56 Å². The summed E-state index contributed by atoms with van der Waals surface area (Å²) < 4.78 is 0. The number of amides is 1. The molecule has 0 spiro atoms. The Hall–Kier alpha value is -1.51. The summed E-state index contributed by atoms with van der Waals surface area (Å²) in [5, 5.41) is 3.40. The number of aryl methyl sites for hydroxylation is 1. The number of carbonyl (C=O) groups excluding carboxylic acids is 1. The summed E-state index contributed by atoms with van der Waals surface area (Å²) in [6, 6.07) is 6.11. The molecule has 0 aliphatic carbocycles. The summed E-state index contributed by atoms with van der Waals surface area (Å²) in [5.74, 6) is 0.190. The van der Waals surface area contributed by atoms with E-state index in [4.69, 9.17) is 0 Å². The Labute approximate surface area is 128 Å². The maximum atomic E-state index is 12.8. The lowest BCUT2D eigenvalue weighted by molar-refractivity contribution is 0.0743. The predicted molar refractivity (Wildman–Crippen MR) is 88.9 cm³/mol. The maximum absolute atomic E-state index is 12.8. The SMILES string of the molecule is CCCNc1cc(C)ccc1C(=O)N1CCCCCCC1. The average molecular weight is 288 g/mol. The second-order valence-electron chi connectivity index (χ2n) is 6.04. The average Bonchev–Trinajstić information content (AvgIpc) is 2.44. The van der Waals surface area contributed by atoms with Crippen molar-refractivity contribution in [2.24, 2.45) is 0 Å². The van der Waals surface area contributed by atoms with Crippen LogP contribution in [0, 0.1) is 6.92 Å². The lowest BCUT2D eigenvalue weighted by atomic mass is 10.1. The van der Waals surface area contributed by atoms with Gasteiger partial charge in [0.2, 0.25) is 0 Å². The van der Waals surface area contributed by atoms with E-state index >= 15 is 0 Å². The van der Waals surface area contributed by atoms with Gasteiger partial charge in [-0.3, -0.25) is 4.79 Å². The first-order valence-corrected chi connectivity index (χ1v) is 8.36. The Bertz CT molecular complexity index is 462. The molecule has 0 saturated carbocycles.